The summed E-state index contributed by atoms with van der Waals surface area (Å²) >= 11 is 0. The largest absolute Gasteiger partial charge is 0.456 e. The molecule has 0 amide bonds. The van der Waals surface area contributed by atoms with Crippen molar-refractivity contribution in [1.29, 1.82) is 0 Å². The number of fused-ring (bicyclic) bond motifs is 8. The fraction of sp³-hybridized carbons (Fsp3) is 0. The van der Waals surface area contributed by atoms with Crippen LogP contribution in [-0.2, 0) is 0 Å². The molecule has 3 aromatic heterocycles. The second-order valence-electron chi connectivity index (χ2n) is 14.9. The fourth-order valence-corrected chi connectivity index (χ4v) is 8.56. The Labute approximate surface area is 344 Å². The van der Waals surface area contributed by atoms with E-state index in [1.807, 2.05) is 60.7 Å². The van der Waals surface area contributed by atoms with E-state index < -0.39 is 0 Å². The number of nitrogens with zero attached hydrogens (tertiary/aromatic N) is 4. The summed E-state index contributed by atoms with van der Waals surface area (Å²) in [7, 11) is 0. The highest BCUT2D eigenvalue weighted by atomic mass is 16.4. The molecule has 0 saturated heterocycles. The van der Waals surface area contributed by atoms with Gasteiger partial charge in [-0.2, -0.15) is 0 Å². The van der Waals surface area contributed by atoms with Crippen molar-refractivity contribution in [3.8, 4) is 67.9 Å². The molecule has 12 aromatic rings. The molecule has 12 rings (SSSR count). The van der Waals surface area contributed by atoms with E-state index in [0.717, 1.165) is 77.2 Å². The van der Waals surface area contributed by atoms with Gasteiger partial charge >= 0.3 is 0 Å². The lowest BCUT2D eigenvalue weighted by molar-refractivity contribution is 0.622. The third kappa shape index (κ3) is 5.57. The molecule has 280 valence electrons. The maximum atomic E-state index is 6.53. The van der Waals surface area contributed by atoms with Crippen molar-refractivity contribution >= 4 is 54.6 Å². The number of furan rings is 1. The van der Waals surface area contributed by atoms with Gasteiger partial charge in [0, 0.05) is 27.6 Å². The Kier molecular flexibility index (Phi) is 7.74. The van der Waals surface area contributed by atoms with E-state index in [0.29, 0.717) is 28.9 Å². The average molecular weight is 769 g/mol. The molecule has 6 heteroatoms. The van der Waals surface area contributed by atoms with E-state index in [9.17, 15) is 0 Å². The van der Waals surface area contributed by atoms with Crippen molar-refractivity contribution in [2.45, 2.75) is 0 Å². The van der Waals surface area contributed by atoms with Crippen molar-refractivity contribution in [3.05, 3.63) is 194 Å². The molecule has 0 saturated carbocycles. The van der Waals surface area contributed by atoms with Gasteiger partial charge in [-0.1, -0.05) is 158 Å². The predicted molar refractivity (Wildman–Crippen MR) is 242 cm³/mol. The molecule has 60 heavy (non-hydrogen) atoms. The zero-order valence-corrected chi connectivity index (χ0v) is 32.1. The standard InChI is InChI=1S/C54H32N4O2/c1-3-13-33(14-4-1)40-20-9-10-21-43(40)52-56-51(36-27-25-35(26-28-36)39-22-11-18-34-15-7-8-19-38(34)39)57-53(58-52)44-24-12-23-42-41(44)29-31-46-48(42)49-47(59-46)32-30-45-50(49)60-54(55-45)37-16-5-2-6-17-37/h1-32H. The van der Waals surface area contributed by atoms with Crippen molar-refractivity contribution in [1.82, 2.24) is 19.9 Å². The van der Waals surface area contributed by atoms with Crippen LogP contribution < -0.4 is 0 Å². The van der Waals surface area contributed by atoms with Crippen LogP contribution in [0.5, 0.6) is 0 Å². The first-order chi connectivity index (χ1) is 29.7. The van der Waals surface area contributed by atoms with Gasteiger partial charge in [0.15, 0.2) is 23.1 Å². The fourth-order valence-electron chi connectivity index (χ4n) is 8.56. The summed E-state index contributed by atoms with van der Waals surface area (Å²) in [5, 5.41) is 6.26. The van der Waals surface area contributed by atoms with Crippen LogP contribution in [0.2, 0.25) is 0 Å². The minimum Gasteiger partial charge on any atom is -0.456 e. The summed E-state index contributed by atoms with van der Waals surface area (Å²) in [4.78, 5) is 20.6. The Bertz CT molecular complexity index is 3590. The van der Waals surface area contributed by atoms with Gasteiger partial charge in [0.2, 0.25) is 5.89 Å². The summed E-state index contributed by atoms with van der Waals surface area (Å²) in [6.07, 6.45) is 0. The highest BCUT2D eigenvalue weighted by molar-refractivity contribution is 6.26. The van der Waals surface area contributed by atoms with Crippen LogP contribution in [-0.4, -0.2) is 19.9 Å². The molecule has 0 bridgehead atoms. The van der Waals surface area contributed by atoms with Gasteiger partial charge in [-0.05, 0) is 80.2 Å². The van der Waals surface area contributed by atoms with Crippen molar-refractivity contribution in [2.75, 3.05) is 0 Å². The Morgan fingerprint density at radius 2 is 0.867 bits per heavy atom. The van der Waals surface area contributed by atoms with Crippen LogP contribution in [0, 0.1) is 0 Å². The maximum Gasteiger partial charge on any atom is 0.227 e. The molecule has 0 fully saturated rings. The Hall–Kier alpha value is -8.22. The third-order valence-electron chi connectivity index (χ3n) is 11.4. The topological polar surface area (TPSA) is 77.8 Å². The van der Waals surface area contributed by atoms with Gasteiger partial charge in [0.05, 0.1) is 5.39 Å². The lowest BCUT2D eigenvalue weighted by atomic mass is 9.97. The van der Waals surface area contributed by atoms with Gasteiger partial charge in [-0.25, -0.2) is 19.9 Å². The number of hydrogen-bond acceptors (Lipinski definition) is 6. The minimum atomic E-state index is 0.569. The molecular weight excluding hydrogens is 737 g/mol. The molecule has 0 N–H and O–H groups in total. The summed E-state index contributed by atoms with van der Waals surface area (Å²) in [5.74, 6) is 2.33. The maximum absolute atomic E-state index is 6.53. The van der Waals surface area contributed by atoms with Crippen molar-refractivity contribution in [3.63, 3.8) is 0 Å². The monoisotopic (exact) mass is 768 g/mol. The molecule has 9 aromatic carbocycles. The van der Waals surface area contributed by atoms with Crippen LogP contribution >= 0.6 is 0 Å². The van der Waals surface area contributed by atoms with E-state index in [1.165, 1.54) is 16.3 Å². The van der Waals surface area contributed by atoms with Crippen LogP contribution in [0.1, 0.15) is 0 Å². The summed E-state index contributed by atoms with van der Waals surface area (Å²) in [6, 6.07) is 66.5. The van der Waals surface area contributed by atoms with Crippen molar-refractivity contribution < 1.29 is 8.83 Å². The molecule has 6 nitrogen and oxygen atoms in total. The van der Waals surface area contributed by atoms with Crippen LogP contribution in [0.3, 0.4) is 0 Å². The zero-order valence-electron chi connectivity index (χ0n) is 32.1. The SMILES string of the molecule is c1ccc(-c2nc3ccc4oc5ccc6c(-c7nc(-c8ccc(-c9cccc%10ccccc9%10)cc8)nc(-c8ccccc8-c8ccccc8)n7)cccc6c5c4c3o2)cc1. The Morgan fingerprint density at radius 3 is 1.70 bits per heavy atom. The van der Waals surface area contributed by atoms with Gasteiger partial charge < -0.3 is 8.83 Å². The van der Waals surface area contributed by atoms with E-state index in [2.05, 4.69) is 133 Å². The molecule has 0 radical (unpaired) electrons. The number of oxazole rings is 1. The first kappa shape index (κ1) is 33.9. The van der Waals surface area contributed by atoms with Crippen LogP contribution in [0.25, 0.3) is 122 Å². The van der Waals surface area contributed by atoms with Crippen LogP contribution in [0.4, 0.5) is 0 Å². The van der Waals surface area contributed by atoms with Gasteiger partial charge in [0.1, 0.15) is 16.7 Å². The lowest BCUT2D eigenvalue weighted by Crippen LogP contribution is -2.01. The van der Waals surface area contributed by atoms with E-state index in [1.54, 1.807) is 0 Å². The molecule has 0 aliphatic rings. The van der Waals surface area contributed by atoms with E-state index in [-0.39, 0.29) is 0 Å². The first-order valence-corrected chi connectivity index (χ1v) is 20.0. The first-order valence-electron chi connectivity index (χ1n) is 20.0. The van der Waals surface area contributed by atoms with E-state index in [4.69, 9.17) is 28.8 Å². The van der Waals surface area contributed by atoms with Crippen LogP contribution in [0.15, 0.2) is 203 Å². The van der Waals surface area contributed by atoms with Crippen molar-refractivity contribution in [2.24, 2.45) is 0 Å². The minimum absolute atomic E-state index is 0.569. The number of rotatable bonds is 6. The normalized spacial score (nSPS) is 11.7. The Morgan fingerprint density at radius 1 is 0.300 bits per heavy atom. The highest BCUT2D eigenvalue weighted by Crippen LogP contribution is 2.42. The summed E-state index contributed by atoms with van der Waals surface area (Å²) in [6.45, 7) is 0. The van der Waals surface area contributed by atoms with E-state index >= 15 is 0 Å². The molecule has 0 spiro atoms. The molecular formula is C54H32N4O2. The third-order valence-corrected chi connectivity index (χ3v) is 11.4. The molecule has 3 heterocycles. The Balaban J connectivity index is 1.06. The second-order valence-corrected chi connectivity index (χ2v) is 14.9. The zero-order chi connectivity index (χ0) is 39.6. The molecule has 0 aliphatic heterocycles. The van der Waals surface area contributed by atoms with Gasteiger partial charge in [-0.15, -0.1) is 0 Å². The summed E-state index contributed by atoms with van der Waals surface area (Å²) < 4.78 is 13.0. The highest BCUT2D eigenvalue weighted by Gasteiger charge is 2.21. The molecule has 0 atom stereocenters. The number of aromatic nitrogens is 4. The lowest BCUT2D eigenvalue weighted by Gasteiger charge is -2.13. The predicted octanol–water partition coefficient (Wildman–Crippen LogP) is 14.2. The summed E-state index contributed by atoms with van der Waals surface area (Å²) in [5.41, 5.74) is 11.0. The molecule has 0 aliphatic carbocycles. The quantitative estimate of drug-likeness (QED) is 0.168. The number of benzene rings is 9. The average Bonchev–Trinajstić information content (AvgIpc) is 3.94. The van der Waals surface area contributed by atoms with Gasteiger partial charge in [0.25, 0.3) is 0 Å². The smallest absolute Gasteiger partial charge is 0.227 e. The van der Waals surface area contributed by atoms with Gasteiger partial charge in [-0.3, -0.25) is 0 Å². The second kappa shape index (κ2) is 13.7. The molecule has 0 unspecified atom stereocenters. The number of hydrogen-bond donors (Lipinski definition) is 0.